The molecule has 8 nitrogen and oxygen atoms in total. The van der Waals surface area contributed by atoms with E-state index in [2.05, 4.69) is 20.3 Å². The Hall–Kier alpha value is -2.27. The van der Waals surface area contributed by atoms with Crippen molar-refractivity contribution in [3.05, 3.63) is 42.7 Å². The third-order valence-corrected chi connectivity index (χ3v) is 7.83. The zero-order valence-electron chi connectivity index (χ0n) is 19.2. The van der Waals surface area contributed by atoms with E-state index in [-0.39, 0.29) is 24.1 Å². The zero-order chi connectivity index (χ0) is 23.3. The summed E-state index contributed by atoms with van der Waals surface area (Å²) in [7, 11) is 0. The van der Waals surface area contributed by atoms with E-state index >= 15 is 0 Å². The number of nitrogens with zero attached hydrogens (tertiary/aromatic N) is 4. The van der Waals surface area contributed by atoms with Gasteiger partial charge in [-0.1, -0.05) is 25.0 Å². The number of rotatable bonds is 6. The summed E-state index contributed by atoms with van der Waals surface area (Å²) in [5.41, 5.74) is 1.41. The summed E-state index contributed by atoms with van der Waals surface area (Å²) in [6.07, 6.45) is 6.70. The van der Waals surface area contributed by atoms with Crippen LogP contribution in [0.1, 0.15) is 45.8 Å². The average molecular weight is 486 g/mol. The van der Waals surface area contributed by atoms with Gasteiger partial charge in [-0.15, -0.1) is 11.8 Å². The fourth-order valence-electron chi connectivity index (χ4n) is 5.16. The molecule has 4 heterocycles. The normalized spacial score (nSPS) is 28.6. The number of thioether (sulfide) groups is 1. The quantitative estimate of drug-likeness (QED) is 0.510. The fraction of sp³-hybridized carbons (Fsp3) is 0.542. The highest BCUT2D eigenvalue weighted by Gasteiger charge is 2.56. The van der Waals surface area contributed by atoms with Crippen molar-refractivity contribution >= 4 is 28.7 Å². The SMILES string of the molecule is CC1(C)OC2C(CSc3ccccc3F)OC(n3cnc4c(NC5CCCC5)ncnc43)C2O1. The van der Waals surface area contributed by atoms with Gasteiger partial charge in [0.15, 0.2) is 29.0 Å². The number of fused-ring (bicyclic) bond motifs is 2. The molecule has 1 saturated carbocycles. The highest BCUT2D eigenvalue weighted by atomic mass is 32.2. The maximum Gasteiger partial charge on any atom is 0.167 e. The second-order valence-electron chi connectivity index (χ2n) is 9.54. The summed E-state index contributed by atoms with van der Waals surface area (Å²) in [6, 6.07) is 7.19. The van der Waals surface area contributed by atoms with E-state index in [1.54, 1.807) is 24.8 Å². The van der Waals surface area contributed by atoms with Crippen LogP contribution in [0.4, 0.5) is 10.2 Å². The van der Waals surface area contributed by atoms with Gasteiger partial charge in [0.1, 0.15) is 24.4 Å². The van der Waals surface area contributed by atoms with E-state index in [1.807, 2.05) is 24.5 Å². The Morgan fingerprint density at radius 2 is 1.91 bits per heavy atom. The molecule has 10 heteroatoms. The molecule has 6 rings (SSSR count). The minimum atomic E-state index is -0.737. The molecule has 34 heavy (non-hydrogen) atoms. The first-order valence-electron chi connectivity index (χ1n) is 11.8. The zero-order valence-corrected chi connectivity index (χ0v) is 20.0. The van der Waals surface area contributed by atoms with Gasteiger partial charge < -0.3 is 19.5 Å². The molecule has 3 aromatic rings. The van der Waals surface area contributed by atoms with Crippen LogP contribution in [-0.2, 0) is 14.2 Å². The van der Waals surface area contributed by atoms with Gasteiger partial charge in [0.05, 0.1) is 12.4 Å². The molecule has 4 atom stereocenters. The summed E-state index contributed by atoms with van der Waals surface area (Å²) < 4.78 is 35.0. The lowest BCUT2D eigenvalue weighted by molar-refractivity contribution is -0.193. The Morgan fingerprint density at radius 1 is 1.12 bits per heavy atom. The monoisotopic (exact) mass is 485 g/mol. The maximum absolute atomic E-state index is 14.2. The van der Waals surface area contributed by atoms with Crippen molar-refractivity contribution in [3.63, 3.8) is 0 Å². The van der Waals surface area contributed by atoms with Crippen molar-refractivity contribution in [2.75, 3.05) is 11.1 Å². The molecule has 0 spiro atoms. The van der Waals surface area contributed by atoms with E-state index in [1.165, 1.54) is 30.7 Å². The molecule has 3 aliphatic rings. The molecule has 3 fully saturated rings. The topological polar surface area (TPSA) is 83.3 Å². The van der Waals surface area contributed by atoms with Gasteiger partial charge in [0.25, 0.3) is 0 Å². The van der Waals surface area contributed by atoms with Crippen molar-refractivity contribution < 1.29 is 18.6 Å². The Balaban J connectivity index is 1.27. The van der Waals surface area contributed by atoms with Crippen LogP contribution in [0.5, 0.6) is 0 Å². The lowest BCUT2D eigenvalue weighted by Gasteiger charge is -2.24. The summed E-state index contributed by atoms with van der Waals surface area (Å²) >= 11 is 1.42. The van der Waals surface area contributed by atoms with E-state index < -0.39 is 12.0 Å². The van der Waals surface area contributed by atoms with Crippen molar-refractivity contribution in [1.82, 2.24) is 19.5 Å². The molecule has 4 unspecified atom stereocenters. The third kappa shape index (κ3) is 4.06. The second kappa shape index (κ2) is 8.75. The number of aromatic nitrogens is 4. The number of halogens is 1. The second-order valence-corrected chi connectivity index (χ2v) is 10.6. The molecular weight excluding hydrogens is 457 g/mol. The molecule has 2 aliphatic heterocycles. The van der Waals surface area contributed by atoms with Gasteiger partial charge in [-0.25, -0.2) is 19.3 Å². The minimum Gasteiger partial charge on any atom is -0.365 e. The Morgan fingerprint density at radius 3 is 2.74 bits per heavy atom. The van der Waals surface area contributed by atoms with Crippen molar-refractivity contribution in [2.24, 2.45) is 0 Å². The highest BCUT2D eigenvalue weighted by Crippen LogP contribution is 2.45. The predicted octanol–water partition coefficient (Wildman–Crippen LogP) is 4.53. The molecule has 0 amide bonds. The van der Waals surface area contributed by atoms with Crippen LogP contribution < -0.4 is 5.32 Å². The summed E-state index contributed by atoms with van der Waals surface area (Å²) in [5.74, 6) is 0.315. The maximum atomic E-state index is 14.2. The minimum absolute atomic E-state index is 0.234. The Kier molecular flexibility index (Phi) is 5.71. The number of ether oxygens (including phenoxy) is 3. The molecule has 2 aromatic heterocycles. The van der Waals surface area contributed by atoms with Crippen LogP contribution in [0.2, 0.25) is 0 Å². The van der Waals surface area contributed by atoms with Crippen molar-refractivity contribution in [2.45, 2.75) is 80.8 Å². The van der Waals surface area contributed by atoms with Gasteiger partial charge in [-0.3, -0.25) is 4.57 Å². The standard InChI is InChI=1S/C24H28FN5O3S/c1-24(2)32-19-16(11-34-17-10-6-5-9-15(17)25)31-23(20(19)33-24)30-13-28-18-21(26-12-27-22(18)30)29-14-7-3-4-8-14/h5-6,9-10,12-14,16,19-20,23H,3-4,7-8,11H2,1-2H3,(H,26,27,29). The average Bonchev–Trinajstić information content (AvgIpc) is 3.58. The van der Waals surface area contributed by atoms with E-state index in [0.29, 0.717) is 22.3 Å². The first-order chi connectivity index (χ1) is 16.5. The van der Waals surface area contributed by atoms with E-state index in [0.717, 1.165) is 24.2 Å². The molecule has 0 bridgehead atoms. The summed E-state index contributed by atoms with van der Waals surface area (Å²) in [6.45, 7) is 3.81. The Labute approximate surface area is 201 Å². The largest absolute Gasteiger partial charge is 0.365 e. The molecule has 0 radical (unpaired) electrons. The summed E-state index contributed by atoms with van der Waals surface area (Å²) in [5, 5.41) is 3.54. The number of imidazole rings is 1. The number of benzene rings is 1. The molecule has 1 aromatic carbocycles. The van der Waals surface area contributed by atoms with Gasteiger partial charge in [0.2, 0.25) is 0 Å². The highest BCUT2D eigenvalue weighted by molar-refractivity contribution is 7.99. The third-order valence-electron chi connectivity index (χ3n) is 6.69. The lowest BCUT2D eigenvalue weighted by Crippen LogP contribution is -2.31. The van der Waals surface area contributed by atoms with Crippen molar-refractivity contribution in [1.29, 1.82) is 0 Å². The van der Waals surface area contributed by atoms with Gasteiger partial charge >= 0.3 is 0 Å². The Bertz CT molecular complexity index is 1180. The van der Waals surface area contributed by atoms with Crippen LogP contribution in [0.15, 0.2) is 41.8 Å². The molecule has 1 N–H and O–H groups in total. The first kappa shape index (κ1) is 22.2. The molecular formula is C24H28FN5O3S. The van der Waals surface area contributed by atoms with Gasteiger partial charge in [-0.2, -0.15) is 0 Å². The predicted molar refractivity (Wildman–Crippen MR) is 126 cm³/mol. The number of nitrogens with one attached hydrogen (secondary N) is 1. The smallest absolute Gasteiger partial charge is 0.167 e. The fourth-order valence-corrected chi connectivity index (χ4v) is 6.15. The van der Waals surface area contributed by atoms with Crippen LogP contribution in [0.3, 0.4) is 0 Å². The van der Waals surface area contributed by atoms with Crippen LogP contribution >= 0.6 is 11.8 Å². The number of hydrogen-bond acceptors (Lipinski definition) is 8. The number of anilines is 1. The van der Waals surface area contributed by atoms with Crippen LogP contribution in [0.25, 0.3) is 11.2 Å². The number of hydrogen-bond donors (Lipinski definition) is 1. The summed E-state index contributed by atoms with van der Waals surface area (Å²) in [4.78, 5) is 14.2. The molecule has 180 valence electrons. The lowest BCUT2D eigenvalue weighted by atomic mass is 10.1. The first-order valence-corrected chi connectivity index (χ1v) is 12.8. The van der Waals surface area contributed by atoms with E-state index in [4.69, 9.17) is 14.2 Å². The van der Waals surface area contributed by atoms with Gasteiger partial charge in [-0.05, 0) is 38.8 Å². The molecule has 1 aliphatic carbocycles. The van der Waals surface area contributed by atoms with Crippen LogP contribution in [-0.4, -0.2) is 55.4 Å². The van der Waals surface area contributed by atoms with Crippen LogP contribution in [0, 0.1) is 5.82 Å². The van der Waals surface area contributed by atoms with Crippen molar-refractivity contribution in [3.8, 4) is 0 Å². The van der Waals surface area contributed by atoms with Gasteiger partial charge in [0, 0.05) is 16.7 Å². The molecule has 2 saturated heterocycles. The van der Waals surface area contributed by atoms with E-state index in [9.17, 15) is 4.39 Å².